The Balaban J connectivity index is 1.29. The minimum atomic E-state index is -0.373. The lowest BCUT2D eigenvalue weighted by atomic mass is 10.2. The van der Waals surface area contributed by atoms with Crippen molar-refractivity contribution in [3.8, 4) is 22.8 Å². The van der Waals surface area contributed by atoms with Crippen LogP contribution in [-0.2, 0) is 11.2 Å². The summed E-state index contributed by atoms with van der Waals surface area (Å²) in [4.78, 5) is 18.2. The second-order valence-electron chi connectivity index (χ2n) is 6.87. The molecule has 0 spiro atoms. The maximum Gasteiger partial charge on any atom is 0.222 e. The number of hydrogen-bond acceptors (Lipinski definition) is 5. The van der Waals surface area contributed by atoms with E-state index in [0.717, 1.165) is 0 Å². The SMILES string of the molecule is CN(C[C@@H]1COc2ccccc2O1)C(=O)CCc1ncc(-c2ccccc2F)o1. The monoisotopic (exact) mass is 396 g/mol. The maximum absolute atomic E-state index is 13.8. The van der Waals surface area contributed by atoms with Gasteiger partial charge in [0.2, 0.25) is 5.91 Å². The van der Waals surface area contributed by atoms with E-state index in [2.05, 4.69) is 4.98 Å². The van der Waals surface area contributed by atoms with Gasteiger partial charge in [0.05, 0.1) is 18.3 Å². The van der Waals surface area contributed by atoms with Crippen molar-refractivity contribution >= 4 is 5.91 Å². The highest BCUT2D eigenvalue weighted by atomic mass is 19.1. The number of amides is 1. The van der Waals surface area contributed by atoms with E-state index in [-0.39, 0.29) is 24.2 Å². The maximum atomic E-state index is 13.8. The molecule has 7 heteroatoms. The Bertz CT molecular complexity index is 1000. The van der Waals surface area contributed by atoms with Gasteiger partial charge in [-0.15, -0.1) is 0 Å². The van der Waals surface area contributed by atoms with Gasteiger partial charge in [0, 0.05) is 19.9 Å². The van der Waals surface area contributed by atoms with Crippen LogP contribution in [-0.4, -0.2) is 42.1 Å². The number of para-hydroxylation sites is 2. The molecule has 2 heterocycles. The normalized spacial score (nSPS) is 15.2. The van der Waals surface area contributed by atoms with Crippen LogP contribution >= 0.6 is 0 Å². The van der Waals surface area contributed by atoms with Crippen molar-refractivity contribution in [2.24, 2.45) is 0 Å². The molecule has 0 aliphatic carbocycles. The molecule has 1 atom stereocenters. The molecule has 0 bridgehead atoms. The van der Waals surface area contributed by atoms with Gasteiger partial charge < -0.3 is 18.8 Å². The molecular weight excluding hydrogens is 375 g/mol. The van der Waals surface area contributed by atoms with Gasteiger partial charge in [-0.1, -0.05) is 24.3 Å². The summed E-state index contributed by atoms with van der Waals surface area (Å²) in [5, 5.41) is 0. The van der Waals surface area contributed by atoms with Gasteiger partial charge in [0.15, 0.2) is 29.3 Å². The van der Waals surface area contributed by atoms with Gasteiger partial charge in [-0.3, -0.25) is 4.79 Å². The number of nitrogens with zero attached hydrogens (tertiary/aromatic N) is 2. The Hall–Kier alpha value is -3.35. The summed E-state index contributed by atoms with van der Waals surface area (Å²) in [5.74, 6) is 1.72. The Morgan fingerprint density at radius 1 is 1.17 bits per heavy atom. The molecule has 0 fully saturated rings. The fourth-order valence-corrected chi connectivity index (χ4v) is 3.18. The van der Waals surface area contributed by atoms with Gasteiger partial charge in [-0.25, -0.2) is 9.37 Å². The van der Waals surface area contributed by atoms with E-state index < -0.39 is 0 Å². The minimum Gasteiger partial charge on any atom is -0.486 e. The van der Waals surface area contributed by atoms with Crippen LogP contribution in [0, 0.1) is 5.82 Å². The lowest BCUT2D eigenvalue weighted by Crippen LogP contribution is -2.41. The predicted molar refractivity (Wildman–Crippen MR) is 104 cm³/mol. The van der Waals surface area contributed by atoms with E-state index in [1.807, 2.05) is 24.3 Å². The number of ether oxygens (including phenoxy) is 2. The number of aromatic nitrogens is 1. The number of carbonyl (C=O) groups excluding carboxylic acids is 1. The van der Waals surface area contributed by atoms with Crippen LogP contribution in [0.4, 0.5) is 4.39 Å². The third-order valence-corrected chi connectivity index (χ3v) is 4.72. The molecule has 2 aromatic carbocycles. The van der Waals surface area contributed by atoms with Crippen molar-refractivity contribution in [1.29, 1.82) is 0 Å². The summed E-state index contributed by atoms with van der Waals surface area (Å²) in [6.45, 7) is 0.805. The molecule has 1 amide bonds. The first-order valence-corrected chi connectivity index (χ1v) is 9.42. The summed E-state index contributed by atoms with van der Waals surface area (Å²) in [7, 11) is 1.73. The Labute approximate surface area is 167 Å². The molecule has 4 rings (SSSR count). The number of rotatable bonds is 6. The molecule has 0 N–H and O–H groups in total. The number of fused-ring (bicyclic) bond motifs is 1. The van der Waals surface area contributed by atoms with Crippen LogP contribution < -0.4 is 9.47 Å². The van der Waals surface area contributed by atoms with Crippen LogP contribution in [0.2, 0.25) is 0 Å². The zero-order valence-corrected chi connectivity index (χ0v) is 16.0. The molecule has 1 aliphatic rings. The topological polar surface area (TPSA) is 64.8 Å². The molecule has 150 valence electrons. The predicted octanol–water partition coefficient (Wildman–Crippen LogP) is 3.71. The number of halogens is 1. The van der Waals surface area contributed by atoms with E-state index in [1.54, 1.807) is 30.1 Å². The van der Waals surface area contributed by atoms with Crippen LogP contribution in [0.15, 0.2) is 59.1 Å². The molecule has 6 nitrogen and oxygen atoms in total. The van der Waals surface area contributed by atoms with E-state index in [9.17, 15) is 9.18 Å². The zero-order chi connectivity index (χ0) is 20.2. The number of oxazole rings is 1. The lowest BCUT2D eigenvalue weighted by Gasteiger charge is -2.29. The number of likely N-dealkylation sites (N-methyl/N-ethyl adjacent to an activating group) is 1. The summed E-state index contributed by atoms with van der Waals surface area (Å²) in [5.41, 5.74) is 0.351. The van der Waals surface area contributed by atoms with E-state index in [1.165, 1.54) is 12.3 Å². The first kappa shape index (κ1) is 19.0. The number of hydrogen-bond donors (Lipinski definition) is 0. The molecule has 3 aromatic rings. The van der Waals surface area contributed by atoms with E-state index in [0.29, 0.717) is 48.3 Å². The number of carbonyl (C=O) groups is 1. The molecule has 0 unspecified atom stereocenters. The van der Waals surface area contributed by atoms with Crippen LogP contribution in [0.5, 0.6) is 11.5 Å². The summed E-state index contributed by atoms with van der Waals surface area (Å²) in [6, 6.07) is 13.8. The van der Waals surface area contributed by atoms with E-state index in [4.69, 9.17) is 13.9 Å². The highest BCUT2D eigenvalue weighted by molar-refractivity contribution is 5.76. The Kier molecular flexibility index (Phi) is 5.46. The van der Waals surface area contributed by atoms with Gasteiger partial charge in [-0.05, 0) is 24.3 Å². The molecule has 0 saturated heterocycles. The summed E-state index contributed by atoms with van der Waals surface area (Å²) >= 11 is 0. The van der Waals surface area contributed by atoms with Crippen molar-refractivity contribution in [3.63, 3.8) is 0 Å². The summed E-state index contributed by atoms with van der Waals surface area (Å²) < 4.78 is 31.0. The smallest absolute Gasteiger partial charge is 0.222 e. The quantitative estimate of drug-likeness (QED) is 0.636. The number of benzene rings is 2. The van der Waals surface area contributed by atoms with Crippen LogP contribution in [0.25, 0.3) is 11.3 Å². The molecule has 1 aromatic heterocycles. The van der Waals surface area contributed by atoms with Gasteiger partial charge in [0.1, 0.15) is 12.4 Å². The first-order valence-electron chi connectivity index (χ1n) is 9.42. The molecule has 0 radical (unpaired) electrons. The fourth-order valence-electron chi connectivity index (χ4n) is 3.18. The van der Waals surface area contributed by atoms with Crippen molar-refractivity contribution in [2.75, 3.05) is 20.2 Å². The molecule has 0 saturated carbocycles. The molecular formula is C22H21FN2O4. The molecule has 29 heavy (non-hydrogen) atoms. The van der Waals surface area contributed by atoms with Gasteiger partial charge >= 0.3 is 0 Å². The third kappa shape index (κ3) is 4.39. The zero-order valence-electron chi connectivity index (χ0n) is 16.0. The van der Waals surface area contributed by atoms with Crippen molar-refractivity contribution < 1.29 is 23.1 Å². The van der Waals surface area contributed by atoms with Crippen molar-refractivity contribution in [2.45, 2.75) is 18.9 Å². The van der Waals surface area contributed by atoms with Crippen LogP contribution in [0.1, 0.15) is 12.3 Å². The fraction of sp³-hybridized carbons (Fsp3) is 0.273. The van der Waals surface area contributed by atoms with Gasteiger partial charge in [0.25, 0.3) is 0 Å². The second-order valence-corrected chi connectivity index (χ2v) is 6.87. The highest BCUT2D eigenvalue weighted by Crippen LogP contribution is 2.31. The van der Waals surface area contributed by atoms with Crippen LogP contribution in [0.3, 0.4) is 0 Å². The standard InChI is InChI=1S/C22H21FN2O4/c1-25(13-15-14-27-18-8-4-5-9-19(18)28-15)22(26)11-10-21-24-12-20(29-21)16-6-2-3-7-17(16)23/h2-9,12,15H,10-11,13-14H2,1H3/t15-/m1/s1. The van der Waals surface area contributed by atoms with Crippen molar-refractivity contribution in [3.05, 3.63) is 66.4 Å². The number of aryl methyl sites for hydroxylation is 1. The van der Waals surface area contributed by atoms with Gasteiger partial charge in [-0.2, -0.15) is 0 Å². The first-order chi connectivity index (χ1) is 14.1. The van der Waals surface area contributed by atoms with E-state index >= 15 is 0 Å². The largest absolute Gasteiger partial charge is 0.486 e. The Morgan fingerprint density at radius 2 is 1.93 bits per heavy atom. The molecule has 1 aliphatic heterocycles. The lowest BCUT2D eigenvalue weighted by molar-refractivity contribution is -0.131. The second kappa shape index (κ2) is 8.34. The van der Waals surface area contributed by atoms with Crippen molar-refractivity contribution in [1.82, 2.24) is 9.88 Å². The third-order valence-electron chi connectivity index (χ3n) is 4.72. The summed E-state index contributed by atoms with van der Waals surface area (Å²) in [6.07, 6.45) is 1.82. The average molecular weight is 396 g/mol. The average Bonchev–Trinajstić information content (AvgIpc) is 3.21. The highest BCUT2D eigenvalue weighted by Gasteiger charge is 2.24. The minimum absolute atomic E-state index is 0.0573. The Morgan fingerprint density at radius 3 is 2.76 bits per heavy atom.